The first-order valence-electron chi connectivity index (χ1n) is 9.43. The van der Waals surface area contributed by atoms with Gasteiger partial charge < -0.3 is 4.74 Å². The number of thioether (sulfide) groups is 1. The van der Waals surface area contributed by atoms with Gasteiger partial charge in [0.1, 0.15) is 11.6 Å². The number of carbonyl (C=O) groups excluding carboxylic acids is 1. The van der Waals surface area contributed by atoms with Gasteiger partial charge in [-0.3, -0.25) is 4.79 Å². The molecule has 1 aliphatic rings. The highest BCUT2D eigenvalue weighted by atomic mass is 32.2. The summed E-state index contributed by atoms with van der Waals surface area (Å²) in [7, 11) is 0. The van der Waals surface area contributed by atoms with Crippen molar-refractivity contribution in [2.75, 3.05) is 5.75 Å². The van der Waals surface area contributed by atoms with E-state index in [-0.39, 0.29) is 18.4 Å². The first-order chi connectivity index (χ1) is 15.1. The van der Waals surface area contributed by atoms with E-state index in [0.717, 1.165) is 27.3 Å². The maximum absolute atomic E-state index is 11.8. The first-order valence-corrected chi connectivity index (χ1v) is 11.3. The van der Waals surface area contributed by atoms with Crippen molar-refractivity contribution in [3.05, 3.63) is 64.8 Å². The van der Waals surface area contributed by atoms with Crippen LogP contribution in [0.3, 0.4) is 0 Å². The van der Waals surface area contributed by atoms with Crippen LogP contribution in [0.4, 0.5) is 0 Å². The van der Waals surface area contributed by atoms with E-state index in [0.29, 0.717) is 22.3 Å². The number of fused-ring (bicyclic) bond motifs is 1. The second-order valence-corrected chi connectivity index (χ2v) is 8.77. The van der Waals surface area contributed by atoms with E-state index in [1.807, 2.05) is 54.8 Å². The topological polar surface area (TPSA) is 93.7 Å². The Bertz CT molecular complexity index is 1320. The molecule has 0 unspecified atom stereocenters. The third kappa shape index (κ3) is 3.71. The molecule has 0 saturated carbocycles. The summed E-state index contributed by atoms with van der Waals surface area (Å²) in [5.74, 6) is 0.841. The fourth-order valence-corrected chi connectivity index (χ4v) is 4.72. The van der Waals surface area contributed by atoms with Crippen LogP contribution in [0.5, 0.6) is 5.88 Å². The molecular weight excluding hydrogens is 430 g/mol. The zero-order valence-electron chi connectivity index (χ0n) is 16.4. The molecule has 4 heterocycles. The Morgan fingerprint density at radius 3 is 2.77 bits per heavy atom. The van der Waals surface area contributed by atoms with Crippen LogP contribution in [0.2, 0.25) is 0 Å². The van der Waals surface area contributed by atoms with E-state index in [4.69, 9.17) is 4.74 Å². The van der Waals surface area contributed by atoms with Gasteiger partial charge in [-0.05, 0) is 30.0 Å². The van der Waals surface area contributed by atoms with Crippen LogP contribution < -0.4 is 4.74 Å². The fourth-order valence-electron chi connectivity index (χ4n) is 3.22. The highest BCUT2D eigenvalue weighted by Gasteiger charge is 2.24. The highest BCUT2D eigenvalue weighted by Crippen LogP contribution is 2.35. The molecule has 0 radical (unpaired) electrons. The number of aryl methyl sites for hydroxylation is 1. The van der Waals surface area contributed by atoms with Gasteiger partial charge >= 0.3 is 0 Å². The van der Waals surface area contributed by atoms with E-state index in [2.05, 4.69) is 21.1 Å². The molecule has 0 spiro atoms. The lowest BCUT2D eigenvalue weighted by Crippen LogP contribution is -2.10. The van der Waals surface area contributed by atoms with Crippen LogP contribution in [0.15, 0.2) is 53.0 Å². The van der Waals surface area contributed by atoms with E-state index in [9.17, 15) is 10.1 Å². The zero-order chi connectivity index (χ0) is 21.4. The van der Waals surface area contributed by atoms with Crippen molar-refractivity contribution in [3.8, 4) is 33.6 Å². The number of carbonyl (C=O) groups is 1. The zero-order valence-corrected chi connectivity index (χ0v) is 18.0. The molecule has 1 aromatic carbocycles. The number of pyridine rings is 1. The second kappa shape index (κ2) is 7.98. The van der Waals surface area contributed by atoms with Gasteiger partial charge in [-0.2, -0.15) is 9.94 Å². The molecule has 0 N–H and O–H groups in total. The standard InChI is InChI=1S/C22H15N5O2S2/c1-13-4-6-14(7-5-13)15-9-17(18-3-2-8-30-18)24-21(16(15)10-23)29-11-19-25-22-27(26-19)20(28)12-31-22/h2-9H,11-12H2,1H3. The molecule has 152 valence electrons. The first kappa shape index (κ1) is 19.5. The Kier molecular flexibility index (Phi) is 5.02. The summed E-state index contributed by atoms with van der Waals surface area (Å²) >= 11 is 2.91. The lowest BCUT2D eigenvalue weighted by Gasteiger charge is -2.12. The van der Waals surface area contributed by atoms with Crippen LogP contribution >= 0.6 is 23.1 Å². The maximum atomic E-state index is 11.8. The Morgan fingerprint density at radius 1 is 1.23 bits per heavy atom. The molecule has 4 aromatic rings. The Balaban J connectivity index is 1.55. The van der Waals surface area contributed by atoms with Gasteiger partial charge in [-0.1, -0.05) is 47.7 Å². The maximum Gasteiger partial charge on any atom is 0.259 e. The van der Waals surface area contributed by atoms with Gasteiger partial charge in [0.15, 0.2) is 17.6 Å². The molecule has 7 nitrogen and oxygen atoms in total. The van der Waals surface area contributed by atoms with Gasteiger partial charge in [0.2, 0.25) is 5.88 Å². The summed E-state index contributed by atoms with van der Waals surface area (Å²) in [4.78, 5) is 21.7. The van der Waals surface area contributed by atoms with Crippen LogP contribution in [-0.2, 0) is 6.61 Å². The summed E-state index contributed by atoms with van der Waals surface area (Å²) in [6, 6.07) is 16.1. The van der Waals surface area contributed by atoms with E-state index in [1.54, 1.807) is 11.3 Å². The molecule has 9 heteroatoms. The van der Waals surface area contributed by atoms with E-state index >= 15 is 0 Å². The SMILES string of the molecule is Cc1ccc(-c2cc(-c3cccs3)nc(OCc3nc4n(n3)C(=O)CS4)c2C#N)cc1. The van der Waals surface area contributed by atoms with Gasteiger partial charge in [0.25, 0.3) is 5.91 Å². The Labute approximate surface area is 186 Å². The molecule has 0 atom stereocenters. The highest BCUT2D eigenvalue weighted by molar-refractivity contribution is 8.00. The molecule has 0 saturated heterocycles. The lowest BCUT2D eigenvalue weighted by molar-refractivity contribution is 0.0922. The van der Waals surface area contributed by atoms with Crippen molar-refractivity contribution in [1.82, 2.24) is 19.7 Å². The van der Waals surface area contributed by atoms with E-state index in [1.165, 1.54) is 16.4 Å². The van der Waals surface area contributed by atoms with Gasteiger partial charge in [-0.15, -0.1) is 16.4 Å². The number of ether oxygens (including phenoxy) is 1. The fraction of sp³-hybridized carbons (Fsp3) is 0.136. The van der Waals surface area contributed by atoms with Crippen molar-refractivity contribution in [3.63, 3.8) is 0 Å². The number of hydrogen-bond donors (Lipinski definition) is 0. The third-order valence-electron chi connectivity index (χ3n) is 4.75. The van der Waals surface area contributed by atoms with Crippen LogP contribution in [0, 0.1) is 18.3 Å². The number of rotatable bonds is 5. The predicted octanol–water partition coefficient (Wildman–Crippen LogP) is 4.57. The molecule has 0 bridgehead atoms. The average molecular weight is 446 g/mol. The number of aromatic nitrogens is 4. The normalized spacial score (nSPS) is 12.6. The number of thiophene rings is 1. The smallest absolute Gasteiger partial charge is 0.259 e. The average Bonchev–Trinajstić information content (AvgIpc) is 3.52. The van der Waals surface area contributed by atoms with Gasteiger partial charge in [0.05, 0.1) is 16.3 Å². The van der Waals surface area contributed by atoms with E-state index < -0.39 is 0 Å². The molecule has 3 aromatic heterocycles. The molecule has 1 aliphatic heterocycles. The Hall–Kier alpha value is -3.48. The van der Waals surface area contributed by atoms with Crippen LogP contribution in [0.25, 0.3) is 21.7 Å². The van der Waals surface area contributed by atoms with Crippen molar-refractivity contribution in [2.24, 2.45) is 0 Å². The quantitative estimate of drug-likeness (QED) is 0.444. The summed E-state index contributed by atoms with van der Waals surface area (Å²) in [5, 5.41) is 16.7. The Morgan fingerprint density at radius 2 is 2.06 bits per heavy atom. The number of benzene rings is 1. The van der Waals surface area contributed by atoms with Crippen molar-refractivity contribution < 1.29 is 9.53 Å². The van der Waals surface area contributed by atoms with Crippen molar-refractivity contribution >= 4 is 29.0 Å². The lowest BCUT2D eigenvalue weighted by atomic mass is 9.99. The number of hydrogen-bond acceptors (Lipinski definition) is 8. The monoisotopic (exact) mass is 445 g/mol. The van der Waals surface area contributed by atoms with Crippen molar-refractivity contribution in [1.29, 1.82) is 5.26 Å². The molecule has 0 fully saturated rings. The minimum Gasteiger partial charge on any atom is -0.468 e. The summed E-state index contributed by atoms with van der Waals surface area (Å²) in [5.41, 5.74) is 3.87. The minimum atomic E-state index is -0.101. The van der Waals surface area contributed by atoms with Gasteiger partial charge in [0, 0.05) is 5.56 Å². The second-order valence-electron chi connectivity index (χ2n) is 6.88. The molecule has 31 heavy (non-hydrogen) atoms. The van der Waals surface area contributed by atoms with Crippen molar-refractivity contribution in [2.45, 2.75) is 18.7 Å². The third-order valence-corrected chi connectivity index (χ3v) is 6.56. The summed E-state index contributed by atoms with van der Waals surface area (Å²) < 4.78 is 7.22. The largest absolute Gasteiger partial charge is 0.468 e. The summed E-state index contributed by atoms with van der Waals surface area (Å²) in [6.45, 7) is 2.03. The minimum absolute atomic E-state index is 0.0107. The summed E-state index contributed by atoms with van der Waals surface area (Å²) in [6.07, 6.45) is 0. The molecule has 0 aliphatic carbocycles. The van der Waals surface area contributed by atoms with Gasteiger partial charge in [-0.25, -0.2) is 9.97 Å². The predicted molar refractivity (Wildman–Crippen MR) is 118 cm³/mol. The number of nitrogens with zero attached hydrogens (tertiary/aromatic N) is 5. The van der Waals surface area contributed by atoms with Crippen LogP contribution in [-0.4, -0.2) is 31.4 Å². The number of nitriles is 1. The van der Waals surface area contributed by atoms with Crippen LogP contribution in [0.1, 0.15) is 21.7 Å². The molecular formula is C22H15N5O2S2. The molecule has 0 amide bonds. The molecule has 5 rings (SSSR count).